The predicted molar refractivity (Wildman–Crippen MR) is 229 cm³/mol. The quantitative estimate of drug-likeness (QED) is 0.169. The van der Waals surface area contributed by atoms with Crippen LogP contribution in [-0.2, 0) is 10.8 Å². The number of benzene rings is 8. The first-order valence-electron chi connectivity index (χ1n) is 19.3. The summed E-state index contributed by atoms with van der Waals surface area (Å²) in [7, 11) is -2.84. The van der Waals surface area contributed by atoms with Crippen LogP contribution in [0.2, 0.25) is 0 Å². The Morgan fingerprint density at radius 2 is 0.836 bits per heavy atom. The zero-order chi connectivity index (χ0) is 36.8. The molecule has 3 aliphatic rings. The normalized spacial score (nSPS) is 16.0. The summed E-state index contributed by atoms with van der Waals surface area (Å²) < 4.78 is 6.96. The molecule has 0 radical (unpaired) electrons. The lowest BCUT2D eigenvalue weighted by Crippen LogP contribution is -2.79. The van der Waals surface area contributed by atoms with E-state index >= 15 is 0 Å². The van der Waals surface area contributed by atoms with E-state index in [0.717, 1.165) is 22.7 Å². The van der Waals surface area contributed by atoms with Crippen LogP contribution in [0.4, 0.5) is 17.1 Å². The third-order valence-electron chi connectivity index (χ3n) is 12.7. The molecule has 8 aromatic rings. The fraction of sp³-hybridized carbons (Fsp3) is 0.0769. The minimum Gasteiger partial charge on any atom is -0.457 e. The molecule has 262 valence electrons. The highest BCUT2D eigenvalue weighted by Crippen LogP contribution is 2.58. The summed E-state index contributed by atoms with van der Waals surface area (Å²) in [6, 6.07) is 74.7. The molecular formula is C52H39NOSi. The Labute approximate surface area is 324 Å². The van der Waals surface area contributed by atoms with Gasteiger partial charge in [0, 0.05) is 22.2 Å². The van der Waals surface area contributed by atoms with Crippen LogP contribution >= 0.6 is 0 Å². The van der Waals surface area contributed by atoms with Crippen LogP contribution in [0.5, 0.6) is 11.5 Å². The Morgan fingerprint density at radius 3 is 1.40 bits per heavy atom. The first-order chi connectivity index (χ1) is 27.1. The predicted octanol–water partition coefficient (Wildman–Crippen LogP) is 9.97. The van der Waals surface area contributed by atoms with E-state index in [1.807, 2.05) is 0 Å². The molecule has 2 nitrogen and oxygen atoms in total. The molecule has 3 heteroatoms. The SMILES string of the molecule is CC1(C)c2ccccc2N(c2ccc3c(c2)C2(c4ccccc4O3)c3ccccc3[Si](c3ccccc3)(c3ccccc3)c3ccccc32)c2ccccc21. The van der Waals surface area contributed by atoms with E-state index in [2.05, 4.69) is 219 Å². The number of ether oxygens (including phenoxy) is 1. The second kappa shape index (κ2) is 11.8. The van der Waals surface area contributed by atoms with Gasteiger partial charge in [-0.2, -0.15) is 0 Å². The molecule has 0 atom stereocenters. The van der Waals surface area contributed by atoms with Gasteiger partial charge in [-0.05, 0) is 79.4 Å². The number of fused-ring (bicyclic) bond motifs is 10. The van der Waals surface area contributed by atoms with Crippen molar-refractivity contribution in [1.82, 2.24) is 0 Å². The van der Waals surface area contributed by atoms with E-state index in [0.29, 0.717) is 0 Å². The molecule has 3 aliphatic heterocycles. The number of para-hydroxylation sites is 3. The van der Waals surface area contributed by atoms with Gasteiger partial charge in [-0.15, -0.1) is 0 Å². The van der Waals surface area contributed by atoms with Crippen molar-refractivity contribution >= 4 is 45.9 Å². The van der Waals surface area contributed by atoms with Crippen molar-refractivity contribution in [3.8, 4) is 11.5 Å². The van der Waals surface area contributed by atoms with Gasteiger partial charge < -0.3 is 9.64 Å². The van der Waals surface area contributed by atoms with E-state index in [1.54, 1.807) is 0 Å². The molecular weight excluding hydrogens is 683 g/mol. The number of anilines is 3. The van der Waals surface area contributed by atoms with Crippen LogP contribution in [0.15, 0.2) is 200 Å². The van der Waals surface area contributed by atoms with Crippen molar-refractivity contribution in [3.63, 3.8) is 0 Å². The van der Waals surface area contributed by atoms with Gasteiger partial charge in [0.1, 0.15) is 11.5 Å². The highest BCUT2D eigenvalue weighted by atomic mass is 28.3. The second-order valence-electron chi connectivity index (χ2n) is 15.6. The number of hydrogen-bond donors (Lipinski definition) is 0. The molecule has 0 fully saturated rings. The maximum Gasteiger partial charge on any atom is 0.180 e. The lowest BCUT2D eigenvalue weighted by molar-refractivity contribution is 0.435. The van der Waals surface area contributed by atoms with Crippen molar-refractivity contribution < 1.29 is 4.74 Å². The average molecular weight is 722 g/mol. The summed E-state index contributed by atoms with van der Waals surface area (Å²) in [5.74, 6) is 1.79. The summed E-state index contributed by atoms with van der Waals surface area (Å²) >= 11 is 0. The van der Waals surface area contributed by atoms with Gasteiger partial charge in [0.05, 0.1) is 16.8 Å². The number of hydrogen-bond acceptors (Lipinski definition) is 2. The van der Waals surface area contributed by atoms with Crippen molar-refractivity contribution in [2.45, 2.75) is 24.7 Å². The van der Waals surface area contributed by atoms with Crippen molar-refractivity contribution in [2.24, 2.45) is 0 Å². The first kappa shape index (κ1) is 32.0. The molecule has 11 rings (SSSR count). The highest BCUT2D eigenvalue weighted by molar-refractivity contribution is 7.20. The molecule has 0 aromatic heterocycles. The molecule has 1 spiro atoms. The summed E-state index contributed by atoms with van der Waals surface area (Å²) in [6.45, 7) is 4.69. The molecule has 0 saturated heterocycles. The van der Waals surface area contributed by atoms with Gasteiger partial charge in [0.2, 0.25) is 0 Å². The molecule has 0 amide bonds. The third-order valence-corrected chi connectivity index (χ3v) is 17.5. The van der Waals surface area contributed by atoms with Crippen molar-refractivity contribution in [1.29, 1.82) is 0 Å². The van der Waals surface area contributed by atoms with Crippen molar-refractivity contribution in [3.05, 3.63) is 234 Å². The summed E-state index contributed by atoms with van der Waals surface area (Å²) in [4.78, 5) is 2.47. The highest BCUT2D eigenvalue weighted by Gasteiger charge is 2.57. The Balaban J connectivity index is 1.27. The molecule has 0 N–H and O–H groups in total. The minimum absolute atomic E-state index is 0.148. The largest absolute Gasteiger partial charge is 0.457 e. The van der Waals surface area contributed by atoms with E-state index in [4.69, 9.17) is 4.74 Å². The van der Waals surface area contributed by atoms with E-state index in [9.17, 15) is 0 Å². The lowest BCUT2D eigenvalue weighted by Gasteiger charge is -2.51. The topological polar surface area (TPSA) is 12.5 Å². The monoisotopic (exact) mass is 721 g/mol. The molecule has 3 heterocycles. The van der Waals surface area contributed by atoms with Gasteiger partial charge in [-0.1, -0.05) is 178 Å². The van der Waals surface area contributed by atoms with Crippen LogP contribution in [-0.4, -0.2) is 8.07 Å². The third kappa shape index (κ3) is 4.19. The average Bonchev–Trinajstić information content (AvgIpc) is 3.25. The number of nitrogens with zero attached hydrogens (tertiary/aromatic N) is 1. The lowest BCUT2D eigenvalue weighted by atomic mass is 9.63. The molecule has 0 unspecified atom stereocenters. The van der Waals surface area contributed by atoms with Gasteiger partial charge in [-0.3, -0.25) is 0 Å². The maximum absolute atomic E-state index is 6.96. The Kier molecular flexibility index (Phi) is 6.87. The summed E-state index contributed by atoms with van der Waals surface area (Å²) in [6.07, 6.45) is 0. The zero-order valence-electron chi connectivity index (χ0n) is 30.9. The van der Waals surface area contributed by atoms with Crippen LogP contribution in [0.3, 0.4) is 0 Å². The molecule has 55 heavy (non-hydrogen) atoms. The first-order valence-corrected chi connectivity index (χ1v) is 21.3. The van der Waals surface area contributed by atoms with Gasteiger partial charge in [0.25, 0.3) is 0 Å². The minimum atomic E-state index is -2.84. The van der Waals surface area contributed by atoms with Gasteiger partial charge in [-0.25, -0.2) is 0 Å². The fourth-order valence-electron chi connectivity index (χ4n) is 10.4. The Morgan fingerprint density at radius 1 is 0.400 bits per heavy atom. The van der Waals surface area contributed by atoms with Crippen LogP contribution < -0.4 is 30.4 Å². The number of rotatable bonds is 3. The van der Waals surface area contributed by atoms with Crippen molar-refractivity contribution in [2.75, 3.05) is 4.90 Å². The standard InChI is InChI=1S/C52H39NOSi/c1-51(2)39-23-9-14-28-45(39)53(46-29-15-10-24-40(46)51)36-33-34-48-44(35-36)52(41-25-11-16-30-47(41)54-48)42-26-12-17-31-49(42)55(37-19-5-3-6-20-37,38-21-7-4-8-22-38)50-32-18-13-27-43(50)52/h3-35H,1-2H3. The second-order valence-corrected chi connectivity index (χ2v) is 19.3. The Hall–Kier alpha value is -6.42. The summed E-state index contributed by atoms with van der Waals surface area (Å²) in [5.41, 5.74) is 10.3. The van der Waals surface area contributed by atoms with E-state index < -0.39 is 13.5 Å². The maximum atomic E-state index is 6.96. The van der Waals surface area contributed by atoms with Gasteiger partial charge in [0.15, 0.2) is 8.07 Å². The molecule has 0 bridgehead atoms. The van der Waals surface area contributed by atoms with Crippen LogP contribution in [0, 0.1) is 0 Å². The van der Waals surface area contributed by atoms with Crippen LogP contribution in [0.1, 0.15) is 47.2 Å². The zero-order valence-corrected chi connectivity index (χ0v) is 31.9. The Bertz CT molecular complexity index is 2650. The van der Waals surface area contributed by atoms with E-state index in [-0.39, 0.29) is 5.41 Å². The molecule has 0 saturated carbocycles. The molecule has 8 aromatic carbocycles. The summed E-state index contributed by atoms with van der Waals surface area (Å²) in [5, 5.41) is 5.59. The van der Waals surface area contributed by atoms with Gasteiger partial charge >= 0.3 is 0 Å². The van der Waals surface area contributed by atoms with Crippen LogP contribution in [0.25, 0.3) is 0 Å². The molecule has 0 aliphatic carbocycles. The smallest absolute Gasteiger partial charge is 0.180 e. The fourth-order valence-corrected chi connectivity index (χ4v) is 15.7. The van der Waals surface area contributed by atoms with E-state index in [1.165, 1.54) is 59.9 Å².